The highest BCUT2D eigenvalue weighted by molar-refractivity contribution is 8.01. The molecular formula is C12H9F4NO2S. The van der Waals surface area contributed by atoms with Crippen LogP contribution in [0.4, 0.5) is 17.6 Å². The van der Waals surface area contributed by atoms with Gasteiger partial charge in [-0.15, -0.1) is 0 Å². The molecule has 0 saturated carbocycles. The van der Waals surface area contributed by atoms with Gasteiger partial charge in [0.15, 0.2) is 0 Å². The summed E-state index contributed by atoms with van der Waals surface area (Å²) in [5.41, 5.74) is 0.546. The molecular weight excluding hydrogens is 298 g/mol. The summed E-state index contributed by atoms with van der Waals surface area (Å²) in [7, 11) is 0.707. The van der Waals surface area contributed by atoms with Crippen molar-refractivity contribution >= 4 is 28.6 Å². The highest BCUT2D eigenvalue weighted by Gasteiger charge is 2.64. The molecule has 2 aromatic rings. The second-order valence-electron chi connectivity index (χ2n) is 3.89. The van der Waals surface area contributed by atoms with E-state index in [1.165, 1.54) is 12.3 Å². The third kappa shape index (κ3) is 2.35. The molecule has 1 aromatic carbocycles. The number of carbonyl (C=O) groups is 1. The normalized spacial score (nSPS) is 15.1. The van der Waals surface area contributed by atoms with Gasteiger partial charge in [-0.05, 0) is 6.07 Å². The van der Waals surface area contributed by atoms with Gasteiger partial charge in [0.25, 0.3) is 0 Å². The van der Waals surface area contributed by atoms with Gasteiger partial charge >= 0.3 is 17.1 Å². The van der Waals surface area contributed by atoms with E-state index >= 15 is 0 Å². The Balaban J connectivity index is 2.45. The Morgan fingerprint density at radius 1 is 1.25 bits per heavy atom. The van der Waals surface area contributed by atoms with Gasteiger partial charge in [-0.1, -0.05) is 30.0 Å². The first kappa shape index (κ1) is 14.7. The Labute approximate surface area is 115 Å². The van der Waals surface area contributed by atoms with Crippen LogP contribution in [-0.2, 0) is 9.53 Å². The van der Waals surface area contributed by atoms with E-state index in [2.05, 4.69) is 9.72 Å². The van der Waals surface area contributed by atoms with Gasteiger partial charge in [0, 0.05) is 22.0 Å². The van der Waals surface area contributed by atoms with Gasteiger partial charge in [0.2, 0.25) is 0 Å². The van der Waals surface area contributed by atoms with E-state index in [0.29, 0.717) is 18.0 Å². The standard InChI is InChI=1S/C12H9F4NO2S/c1-19-10(18)11(13,12(14,15)16)20-9-6-17-8-5-3-2-4-7(8)9/h2-6,17H,1H3. The Morgan fingerprint density at radius 2 is 1.90 bits per heavy atom. The molecule has 3 nitrogen and oxygen atoms in total. The number of H-pyrrole nitrogens is 1. The fourth-order valence-electron chi connectivity index (χ4n) is 1.63. The molecule has 1 unspecified atom stereocenters. The zero-order valence-corrected chi connectivity index (χ0v) is 10.9. The van der Waals surface area contributed by atoms with Crippen LogP contribution in [0.2, 0.25) is 0 Å². The topological polar surface area (TPSA) is 42.1 Å². The van der Waals surface area contributed by atoms with Gasteiger partial charge < -0.3 is 9.72 Å². The highest BCUT2D eigenvalue weighted by Crippen LogP contribution is 2.48. The number of methoxy groups -OCH3 is 1. The molecule has 0 saturated heterocycles. The van der Waals surface area contributed by atoms with Crippen LogP contribution in [0.25, 0.3) is 10.9 Å². The molecule has 20 heavy (non-hydrogen) atoms. The largest absolute Gasteiger partial charge is 0.466 e. The first-order valence-electron chi connectivity index (χ1n) is 5.39. The lowest BCUT2D eigenvalue weighted by molar-refractivity contribution is -0.209. The number of halogens is 4. The summed E-state index contributed by atoms with van der Waals surface area (Å²) in [4.78, 5) is 13.9. The number of aromatic amines is 1. The Kier molecular flexibility index (Phi) is 3.68. The van der Waals surface area contributed by atoms with Crippen molar-refractivity contribution < 1.29 is 27.1 Å². The van der Waals surface area contributed by atoms with Crippen LogP contribution in [0.3, 0.4) is 0 Å². The minimum absolute atomic E-state index is 0.0224. The lowest BCUT2D eigenvalue weighted by Gasteiger charge is -2.24. The molecule has 0 radical (unpaired) electrons. The molecule has 0 spiro atoms. The number of alkyl halides is 4. The monoisotopic (exact) mass is 307 g/mol. The van der Waals surface area contributed by atoms with Crippen molar-refractivity contribution in [2.75, 3.05) is 7.11 Å². The first-order valence-corrected chi connectivity index (χ1v) is 6.20. The Bertz CT molecular complexity index is 640. The molecule has 1 heterocycles. The molecule has 0 fully saturated rings. The van der Waals surface area contributed by atoms with E-state index in [-0.39, 0.29) is 16.7 Å². The van der Waals surface area contributed by atoms with Gasteiger partial charge in [-0.25, -0.2) is 9.18 Å². The average Bonchev–Trinajstić information content (AvgIpc) is 2.80. The summed E-state index contributed by atoms with van der Waals surface area (Å²) in [5.74, 6) is -1.99. The fourth-order valence-corrected chi connectivity index (χ4v) is 2.62. The van der Waals surface area contributed by atoms with Gasteiger partial charge in [0.05, 0.1) is 7.11 Å². The number of hydrogen-bond acceptors (Lipinski definition) is 3. The van der Waals surface area contributed by atoms with Crippen LogP contribution in [0, 0.1) is 0 Å². The van der Waals surface area contributed by atoms with Gasteiger partial charge in [-0.2, -0.15) is 13.2 Å². The minimum Gasteiger partial charge on any atom is -0.466 e. The van der Waals surface area contributed by atoms with Gasteiger partial charge in [0.1, 0.15) is 0 Å². The number of aromatic nitrogens is 1. The second-order valence-corrected chi connectivity index (χ2v) is 5.09. The summed E-state index contributed by atoms with van der Waals surface area (Å²) in [6, 6.07) is 6.44. The molecule has 108 valence electrons. The van der Waals surface area contributed by atoms with Crippen LogP contribution in [0.1, 0.15) is 0 Å². The van der Waals surface area contributed by atoms with Crippen molar-refractivity contribution in [2.24, 2.45) is 0 Å². The molecule has 1 atom stereocenters. The quantitative estimate of drug-likeness (QED) is 0.534. The van der Waals surface area contributed by atoms with Crippen molar-refractivity contribution in [3.8, 4) is 0 Å². The fraction of sp³-hybridized carbons (Fsp3) is 0.250. The van der Waals surface area contributed by atoms with Crippen molar-refractivity contribution in [3.05, 3.63) is 30.5 Å². The summed E-state index contributed by atoms with van der Waals surface area (Å²) >= 11 is -0.231. The molecule has 0 aliphatic heterocycles. The SMILES string of the molecule is COC(=O)C(F)(Sc1c[nH]c2ccccc12)C(F)(F)F. The van der Waals surface area contributed by atoms with Crippen LogP contribution < -0.4 is 0 Å². The number of esters is 1. The zero-order chi connectivity index (χ0) is 15.0. The number of fused-ring (bicyclic) bond motifs is 1. The average molecular weight is 307 g/mol. The number of carbonyl (C=O) groups excluding carboxylic acids is 1. The lowest BCUT2D eigenvalue weighted by Crippen LogP contribution is -2.45. The first-order chi connectivity index (χ1) is 9.29. The number of hydrogen-bond donors (Lipinski definition) is 1. The van der Waals surface area contributed by atoms with E-state index < -0.39 is 17.1 Å². The lowest BCUT2D eigenvalue weighted by atomic mass is 10.2. The number of thioether (sulfide) groups is 1. The molecule has 0 aliphatic rings. The van der Waals surface area contributed by atoms with E-state index in [0.717, 1.165) is 0 Å². The van der Waals surface area contributed by atoms with Crippen molar-refractivity contribution in [1.82, 2.24) is 4.98 Å². The number of nitrogens with one attached hydrogen (secondary N) is 1. The van der Waals surface area contributed by atoms with Crippen LogP contribution in [-0.4, -0.2) is 29.2 Å². The molecule has 0 bridgehead atoms. The Hall–Kier alpha value is -1.70. The predicted molar refractivity (Wildman–Crippen MR) is 66.1 cm³/mol. The third-order valence-electron chi connectivity index (χ3n) is 2.61. The predicted octanol–water partition coefficient (Wildman–Crippen LogP) is 3.66. The number of ether oxygens (including phenoxy) is 1. The zero-order valence-electron chi connectivity index (χ0n) is 10.1. The summed E-state index contributed by atoms with van der Waals surface area (Å²) < 4.78 is 56.6. The van der Waals surface area contributed by atoms with E-state index in [9.17, 15) is 22.4 Å². The molecule has 8 heteroatoms. The summed E-state index contributed by atoms with van der Waals surface area (Å²) in [6.07, 6.45) is -4.17. The smallest absolute Gasteiger partial charge is 0.443 e. The van der Waals surface area contributed by atoms with Crippen molar-refractivity contribution in [3.63, 3.8) is 0 Å². The third-order valence-corrected chi connectivity index (χ3v) is 3.85. The van der Waals surface area contributed by atoms with E-state index in [1.807, 2.05) is 0 Å². The molecule has 2 rings (SSSR count). The van der Waals surface area contributed by atoms with Crippen molar-refractivity contribution in [2.45, 2.75) is 16.1 Å². The van der Waals surface area contributed by atoms with E-state index in [4.69, 9.17) is 0 Å². The van der Waals surface area contributed by atoms with Crippen LogP contribution >= 0.6 is 11.8 Å². The Morgan fingerprint density at radius 3 is 2.50 bits per heavy atom. The minimum atomic E-state index is -5.39. The highest BCUT2D eigenvalue weighted by atomic mass is 32.2. The number of benzene rings is 1. The van der Waals surface area contributed by atoms with Crippen LogP contribution in [0.5, 0.6) is 0 Å². The maximum absolute atomic E-state index is 14.1. The molecule has 0 aliphatic carbocycles. The van der Waals surface area contributed by atoms with Gasteiger partial charge in [-0.3, -0.25) is 0 Å². The maximum atomic E-state index is 14.1. The summed E-state index contributed by atoms with van der Waals surface area (Å²) in [5, 5.41) is -3.75. The molecule has 1 N–H and O–H groups in total. The molecule has 0 amide bonds. The maximum Gasteiger partial charge on any atom is 0.443 e. The molecule has 1 aromatic heterocycles. The summed E-state index contributed by atoms with van der Waals surface area (Å²) in [6.45, 7) is 0. The van der Waals surface area contributed by atoms with Crippen molar-refractivity contribution in [1.29, 1.82) is 0 Å². The van der Waals surface area contributed by atoms with E-state index in [1.54, 1.807) is 18.2 Å². The second kappa shape index (κ2) is 5.01. The number of para-hydroxylation sites is 1. The number of rotatable bonds is 3. The van der Waals surface area contributed by atoms with Crippen LogP contribution in [0.15, 0.2) is 35.4 Å².